The summed E-state index contributed by atoms with van der Waals surface area (Å²) in [5.41, 5.74) is 1.09. The molecule has 10 heteroatoms. The van der Waals surface area contributed by atoms with Gasteiger partial charge in [0.2, 0.25) is 5.92 Å². The van der Waals surface area contributed by atoms with Crippen LogP contribution in [-0.2, 0) is 0 Å². The number of amides is 2. The Morgan fingerprint density at radius 1 is 1.21 bits per heavy atom. The van der Waals surface area contributed by atoms with Gasteiger partial charge in [0.15, 0.2) is 11.6 Å². The van der Waals surface area contributed by atoms with Crippen molar-refractivity contribution in [1.82, 2.24) is 9.97 Å². The first-order valence-corrected chi connectivity index (χ1v) is 8.58. The minimum atomic E-state index is -2.74. The highest BCUT2D eigenvalue weighted by molar-refractivity contribution is 6.05. The number of urea groups is 1. The van der Waals surface area contributed by atoms with Gasteiger partial charge >= 0.3 is 6.03 Å². The molecule has 2 aromatic heterocycles. The Bertz CT molecular complexity index is 1160. The number of hydrogen-bond donors (Lipinski definition) is 3. The number of benzene rings is 1. The largest absolute Gasteiger partial charge is 0.359 e. The van der Waals surface area contributed by atoms with Gasteiger partial charge in [-0.05, 0) is 12.1 Å². The average molecular weight is 403 g/mol. The van der Waals surface area contributed by atoms with E-state index in [0.29, 0.717) is 5.52 Å². The number of anilines is 2. The highest BCUT2D eigenvalue weighted by Gasteiger charge is 2.47. The molecule has 0 spiro atoms. The fraction of sp³-hybridized carbons (Fsp3) is 0.211. The van der Waals surface area contributed by atoms with Crippen LogP contribution in [0.15, 0.2) is 30.6 Å². The standard InChI is InChI=1S/C19H13F4N5O/c20-13-2-12-15(3-14(13)21)25-8-16(12)28-18(29)27-11-1-9(6-24)17(26-7-11)10-4-19(22,23)5-10/h1-3,7-8,10,25H,4-5H2,(H2,27,28,29). The molecule has 0 saturated heterocycles. The predicted octanol–water partition coefficient (Wildman–Crippen LogP) is 4.87. The van der Waals surface area contributed by atoms with Crippen LogP contribution in [0, 0.1) is 23.0 Å². The summed E-state index contributed by atoms with van der Waals surface area (Å²) in [6, 6.07) is 4.48. The van der Waals surface area contributed by atoms with Crippen LogP contribution in [0.4, 0.5) is 33.7 Å². The summed E-state index contributed by atoms with van der Waals surface area (Å²) in [4.78, 5) is 19.0. The van der Waals surface area contributed by atoms with Crippen molar-refractivity contribution in [2.45, 2.75) is 24.7 Å². The summed E-state index contributed by atoms with van der Waals surface area (Å²) in [6.07, 6.45) is 1.93. The molecule has 6 nitrogen and oxygen atoms in total. The average Bonchev–Trinajstić information content (AvgIpc) is 3.01. The van der Waals surface area contributed by atoms with Crippen molar-refractivity contribution >= 4 is 28.3 Å². The van der Waals surface area contributed by atoms with Crippen molar-refractivity contribution in [3.63, 3.8) is 0 Å². The van der Waals surface area contributed by atoms with Gasteiger partial charge in [0.25, 0.3) is 0 Å². The number of rotatable bonds is 3. The molecule has 29 heavy (non-hydrogen) atoms. The lowest BCUT2D eigenvalue weighted by atomic mass is 9.77. The lowest BCUT2D eigenvalue weighted by molar-refractivity contribution is -0.0876. The summed E-state index contributed by atoms with van der Waals surface area (Å²) in [6.45, 7) is 0. The third-order valence-electron chi connectivity index (χ3n) is 4.74. The van der Waals surface area contributed by atoms with E-state index in [9.17, 15) is 27.6 Å². The van der Waals surface area contributed by atoms with Crippen LogP contribution in [0.2, 0.25) is 0 Å². The Kier molecular flexibility index (Phi) is 4.38. The molecule has 0 aliphatic heterocycles. The Morgan fingerprint density at radius 2 is 1.93 bits per heavy atom. The summed E-state index contributed by atoms with van der Waals surface area (Å²) in [5, 5.41) is 14.5. The van der Waals surface area contributed by atoms with Crippen molar-refractivity contribution in [1.29, 1.82) is 5.26 Å². The molecule has 2 amide bonds. The highest BCUT2D eigenvalue weighted by Crippen LogP contribution is 2.48. The Balaban J connectivity index is 1.49. The molecule has 3 N–H and O–H groups in total. The van der Waals surface area contributed by atoms with Crippen molar-refractivity contribution in [3.05, 3.63) is 53.5 Å². The van der Waals surface area contributed by atoms with E-state index in [1.54, 1.807) is 0 Å². The number of alkyl halides is 2. The summed E-state index contributed by atoms with van der Waals surface area (Å²) >= 11 is 0. The zero-order chi connectivity index (χ0) is 20.8. The second-order valence-corrected chi connectivity index (χ2v) is 6.82. The molecule has 4 rings (SSSR count). The number of H-pyrrole nitrogens is 1. The van der Waals surface area contributed by atoms with Crippen LogP contribution < -0.4 is 10.6 Å². The Hall–Kier alpha value is -3.61. The number of hydrogen-bond acceptors (Lipinski definition) is 3. The number of nitrogens with zero attached hydrogens (tertiary/aromatic N) is 2. The maximum absolute atomic E-state index is 13.5. The lowest BCUT2D eigenvalue weighted by Gasteiger charge is -2.34. The first-order valence-electron chi connectivity index (χ1n) is 8.58. The van der Waals surface area contributed by atoms with Gasteiger partial charge < -0.3 is 15.6 Å². The molecule has 1 aliphatic rings. The van der Waals surface area contributed by atoms with Crippen LogP contribution in [0.25, 0.3) is 10.9 Å². The molecular weight excluding hydrogens is 390 g/mol. The van der Waals surface area contributed by atoms with Crippen molar-refractivity contribution in [2.24, 2.45) is 0 Å². The van der Waals surface area contributed by atoms with E-state index < -0.39 is 29.5 Å². The van der Waals surface area contributed by atoms with E-state index >= 15 is 0 Å². The van der Waals surface area contributed by atoms with Gasteiger partial charge in [0.1, 0.15) is 6.07 Å². The molecule has 0 bridgehead atoms. The van der Waals surface area contributed by atoms with E-state index in [1.807, 2.05) is 6.07 Å². The van der Waals surface area contributed by atoms with Gasteiger partial charge in [-0.25, -0.2) is 22.4 Å². The zero-order valence-corrected chi connectivity index (χ0v) is 14.7. The number of halogens is 4. The van der Waals surface area contributed by atoms with Gasteiger partial charge in [0.05, 0.1) is 34.3 Å². The van der Waals surface area contributed by atoms with E-state index in [0.717, 1.165) is 12.1 Å². The molecule has 0 unspecified atom stereocenters. The number of nitriles is 1. The van der Waals surface area contributed by atoms with Crippen LogP contribution in [0.5, 0.6) is 0 Å². The Labute approximate surface area is 161 Å². The van der Waals surface area contributed by atoms with Gasteiger partial charge in [-0.3, -0.25) is 4.98 Å². The number of pyridine rings is 1. The molecular formula is C19H13F4N5O. The van der Waals surface area contributed by atoms with Crippen LogP contribution in [-0.4, -0.2) is 21.9 Å². The second-order valence-electron chi connectivity index (χ2n) is 6.82. The lowest BCUT2D eigenvalue weighted by Crippen LogP contribution is -2.34. The topological polar surface area (TPSA) is 93.6 Å². The summed E-state index contributed by atoms with van der Waals surface area (Å²) in [7, 11) is 0. The normalized spacial score (nSPS) is 15.6. The summed E-state index contributed by atoms with van der Waals surface area (Å²) in [5.74, 6) is -5.31. The van der Waals surface area contributed by atoms with Crippen LogP contribution in [0.1, 0.15) is 30.0 Å². The number of nitrogens with one attached hydrogen (secondary N) is 3. The first-order chi connectivity index (χ1) is 13.8. The van der Waals surface area contributed by atoms with Crippen molar-refractivity contribution in [3.8, 4) is 6.07 Å². The van der Waals surface area contributed by atoms with E-state index in [-0.39, 0.29) is 40.9 Å². The molecule has 1 aromatic carbocycles. The molecule has 2 heterocycles. The van der Waals surface area contributed by atoms with E-state index in [2.05, 4.69) is 20.6 Å². The molecule has 0 radical (unpaired) electrons. The molecule has 1 saturated carbocycles. The third kappa shape index (κ3) is 3.59. The van der Waals surface area contributed by atoms with Crippen LogP contribution >= 0.6 is 0 Å². The molecule has 0 atom stereocenters. The van der Waals surface area contributed by atoms with E-state index in [1.165, 1.54) is 18.5 Å². The quantitative estimate of drug-likeness (QED) is 0.545. The van der Waals surface area contributed by atoms with Crippen molar-refractivity contribution in [2.75, 3.05) is 10.6 Å². The predicted molar refractivity (Wildman–Crippen MR) is 96.7 cm³/mol. The molecule has 1 aliphatic carbocycles. The monoisotopic (exact) mass is 403 g/mol. The van der Waals surface area contributed by atoms with Gasteiger partial charge in [0, 0.05) is 36.4 Å². The molecule has 3 aromatic rings. The highest BCUT2D eigenvalue weighted by atomic mass is 19.3. The van der Waals surface area contributed by atoms with Gasteiger partial charge in [-0.2, -0.15) is 5.26 Å². The van der Waals surface area contributed by atoms with Crippen LogP contribution in [0.3, 0.4) is 0 Å². The second kappa shape index (κ2) is 6.77. The Morgan fingerprint density at radius 3 is 2.62 bits per heavy atom. The van der Waals surface area contributed by atoms with Gasteiger partial charge in [-0.1, -0.05) is 0 Å². The summed E-state index contributed by atoms with van der Waals surface area (Å²) < 4.78 is 52.9. The third-order valence-corrected chi connectivity index (χ3v) is 4.74. The number of fused-ring (bicyclic) bond motifs is 1. The SMILES string of the molecule is N#Cc1cc(NC(=O)Nc2c[nH]c3cc(F)c(F)cc23)cnc1C1CC(F)(F)C1. The molecule has 148 valence electrons. The first kappa shape index (κ1) is 18.7. The molecule has 1 fully saturated rings. The van der Waals surface area contributed by atoms with Crippen molar-refractivity contribution < 1.29 is 22.4 Å². The number of carbonyl (C=O) groups excluding carboxylic acids is 1. The minimum absolute atomic E-state index is 0.105. The maximum Gasteiger partial charge on any atom is 0.323 e. The van der Waals surface area contributed by atoms with Gasteiger partial charge in [-0.15, -0.1) is 0 Å². The zero-order valence-electron chi connectivity index (χ0n) is 14.7. The fourth-order valence-corrected chi connectivity index (χ4v) is 3.32. The fourth-order valence-electron chi connectivity index (χ4n) is 3.32. The number of carbonyl (C=O) groups is 1. The number of aromatic nitrogens is 2. The smallest absolute Gasteiger partial charge is 0.323 e. The maximum atomic E-state index is 13.5. The minimum Gasteiger partial charge on any atom is -0.359 e. The van der Waals surface area contributed by atoms with E-state index in [4.69, 9.17) is 0 Å². The number of aromatic amines is 1.